The number of nitrogens with two attached hydrogens (primary N) is 1. The molecule has 9 heteroatoms. The van der Waals surface area contributed by atoms with Gasteiger partial charge in [0.05, 0.1) is 6.42 Å². The first-order chi connectivity index (χ1) is 8.24. The molecule has 0 radical (unpaired) electrons. The fraction of sp³-hybridized carbons (Fsp3) is 1.00. The van der Waals surface area contributed by atoms with Crippen molar-refractivity contribution in [2.24, 2.45) is 11.7 Å². The van der Waals surface area contributed by atoms with Crippen molar-refractivity contribution in [1.29, 1.82) is 0 Å². The van der Waals surface area contributed by atoms with Crippen LogP contribution in [0.15, 0.2) is 0 Å². The average Bonchev–Trinajstić information content (AvgIpc) is 2.27. The highest BCUT2D eigenvalue weighted by Gasteiger charge is 2.30. The van der Waals surface area contributed by atoms with Crippen molar-refractivity contribution in [3.05, 3.63) is 0 Å². The molecule has 18 heavy (non-hydrogen) atoms. The van der Waals surface area contributed by atoms with E-state index in [1.807, 2.05) is 4.72 Å². The molecule has 0 bridgehead atoms. The molecule has 108 valence electrons. The summed E-state index contributed by atoms with van der Waals surface area (Å²) in [5, 5.41) is 0. The lowest BCUT2D eigenvalue weighted by atomic mass is 9.99. The molecule has 3 N–H and O–H groups in total. The SMILES string of the molecule is NCC1CCN(S(=O)(=O)NCCC(F)(F)F)CC1. The van der Waals surface area contributed by atoms with Crippen LogP contribution in [0.4, 0.5) is 13.2 Å². The number of halogens is 3. The van der Waals surface area contributed by atoms with Crippen molar-refractivity contribution in [3.63, 3.8) is 0 Å². The minimum absolute atomic E-state index is 0.298. The summed E-state index contributed by atoms with van der Waals surface area (Å²) in [6.45, 7) is 0.504. The molecule has 1 aliphatic rings. The van der Waals surface area contributed by atoms with E-state index in [9.17, 15) is 21.6 Å². The molecule has 1 aliphatic heterocycles. The lowest BCUT2D eigenvalue weighted by molar-refractivity contribution is -0.132. The molecule has 0 spiro atoms. The van der Waals surface area contributed by atoms with Gasteiger partial charge in [0.15, 0.2) is 0 Å². The largest absolute Gasteiger partial charge is 0.390 e. The predicted octanol–water partition coefficient (Wildman–Crippen LogP) is 0.444. The molecule has 0 saturated carbocycles. The van der Waals surface area contributed by atoms with Gasteiger partial charge >= 0.3 is 6.18 Å². The highest BCUT2D eigenvalue weighted by Crippen LogP contribution is 2.20. The Morgan fingerprint density at radius 3 is 2.28 bits per heavy atom. The van der Waals surface area contributed by atoms with E-state index in [1.165, 1.54) is 4.31 Å². The van der Waals surface area contributed by atoms with Gasteiger partial charge in [-0.3, -0.25) is 0 Å². The maximum Gasteiger partial charge on any atom is 0.390 e. The number of piperidine rings is 1. The summed E-state index contributed by atoms with van der Waals surface area (Å²) in [5.74, 6) is 0.298. The summed E-state index contributed by atoms with van der Waals surface area (Å²) < 4.78 is 62.2. The van der Waals surface area contributed by atoms with Gasteiger partial charge in [0, 0.05) is 19.6 Å². The molecular weight excluding hydrogens is 271 g/mol. The van der Waals surface area contributed by atoms with E-state index in [0.717, 1.165) is 0 Å². The third-order valence-corrected chi connectivity index (χ3v) is 4.55. The zero-order chi connectivity index (χ0) is 13.8. The Labute approximate surface area is 105 Å². The summed E-state index contributed by atoms with van der Waals surface area (Å²) in [7, 11) is -3.79. The summed E-state index contributed by atoms with van der Waals surface area (Å²) in [5.41, 5.74) is 5.48. The van der Waals surface area contributed by atoms with Crippen LogP contribution in [-0.4, -0.2) is 45.1 Å². The van der Waals surface area contributed by atoms with Crippen LogP contribution in [0.2, 0.25) is 0 Å². The molecule has 5 nitrogen and oxygen atoms in total. The van der Waals surface area contributed by atoms with Crippen molar-refractivity contribution in [2.45, 2.75) is 25.4 Å². The first-order valence-corrected chi connectivity index (χ1v) is 7.20. The van der Waals surface area contributed by atoms with Crippen LogP contribution in [0, 0.1) is 5.92 Å². The maximum absolute atomic E-state index is 11.9. The molecule has 0 aromatic heterocycles. The van der Waals surface area contributed by atoms with Gasteiger partial charge in [0.1, 0.15) is 0 Å². The summed E-state index contributed by atoms with van der Waals surface area (Å²) in [6, 6.07) is 0. The van der Waals surface area contributed by atoms with E-state index < -0.39 is 29.4 Å². The number of nitrogens with zero attached hydrogens (tertiary/aromatic N) is 1. The van der Waals surface area contributed by atoms with Gasteiger partial charge < -0.3 is 5.73 Å². The maximum atomic E-state index is 11.9. The molecule has 0 atom stereocenters. The second-order valence-electron chi connectivity index (χ2n) is 4.34. The summed E-state index contributed by atoms with van der Waals surface area (Å²) in [6.07, 6.45) is -4.21. The highest BCUT2D eigenvalue weighted by molar-refractivity contribution is 7.87. The highest BCUT2D eigenvalue weighted by atomic mass is 32.2. The molecule has 1 rings (SSSR count). The van der Waals surface area contributed by atoms with Crippen LogP contribution in [0.25, 0.3) is 0 Å². The Balaban J connectivity index is 2.40. The fourth-order valence-corrected chi connectivity index (χ4v) is 3.03. The number of hydrogen-bond acceptors (Lipinski definition) is 3. The smallest absolute Gasteiger partial charge is 0.330 e. The first kappa shape index (κ1) is 15.7. The Kier molecular flexibility index (Phi) is 5.38. The summed E-state index contributed by atoms with van der Waals surface area (Å²) in [4.78, 5) is 0. The quantitative estimate of drug-likeness (QED) is 0.771. The molecular formula is C9H18F3N3O2S. The van der Waals surface area contributed by atoms with E-state index in [4.69, 9.17) is 5.73 Å². The predicted molar refractivity (Wildman–Crippen MR) is 60.9 cm³/mol. The third kappa shape index (κ3) is 5.09. The standard InChI is InChI=1S/C9H18F3N3O2S/c10-9(11,12)3-4-14-18(16,17)15-5-1-8(7-13)2-6-15/h8,14H,1-7,13H2. The Bertz CT molecular complexity index is 351. The van der Waals surface area contributed by atoms with E-state index in [2.05, 4.69) is 0 Å². The number of hydrogen-bond donors (Lipinski definition) is 2. The minimum Gasteiger partial charge on any atom is -0.330 e. The molecule has 0 unspecified atom stereocenters. The van der Waals surface area contributed by atoms with Crippen LogP contribution in [-0.2, 0) is 10.2 Å². The second-order valence-corrected chi connectivity index (χ2v) is 6.10. The molecule has 0 aliphatic carbocycles. The molecule has 1 fully saturated rings. The zero-order valence-electron chi connectivity index (χ0n) is 9.91. The van der Waals surface area contributed by atoms with Gasteiger partial charge in [0.25, 0.3) is 10.2 Å². The van der Waals surface area contributed by atoms with Crippen LogP contribution < -0.4 is 10.5 Å². The fourth-order valence-electron chi connectivity index (χ4n) is 1.80. The van der Waals surface area contributed by atoms with Crippen molar-refractivity contribution < 1.29 is 21.6 Å². The zero-order valence-corrected chi connectivity index (χ0v) is 10.7. The molecule has 0 amide bonds. The van der Waals surface area contributed by atoms with Crippen LogP contribution in [0.5, 0.6) is 0 Å². The van der Waals surface area contributed by atoms with Gasteiger partial charge in [0.2, 0.25) is 0 Å². The normalized spacial score (nSPS) is 20.2. The van der Waals surface area contributed by atoms with E-state index in [-0.39, 0.29) is 0 Å². The van der Waals surface area contributed by atoms with Crippen molar-refractivity contribution >= 4 is 10.2 Å². The lowest BCUT2D eigenvalue weighted by Crippen LogP contribution is -2.46. The minimum atomic E-state index is -4.35. The van der Waals surface area contributed by atoms with Crippen molar-refractivity contribution in [3.8, 4) is 0 Å². The number of nitrogens with one attached hydrogen (secondary N) is 1. The average molecular weight is 289 g/mol. The molecule has 0 aromatic rings. The Morgan fingerprint density at radius 1 is 1.28 bits per heavy atom. The van der Waals surface area contributed by atoms with Crippen LogP contribution in [0.1, 0.15) is 19.3 Å². The van der Waals surface area contributed by atoms with E-state index in [0.29, 0.717) is 38.4 Å². The van der Waals surface area contributed by atoms with Gasteiger partial charge in [-0.25, -0.2) is 4.72 Å². The number of rotatable bonds is 5. The second kappa shape index (κ2) is 6.18. The summed E-state index contributed by atoms with van der Waals surface area (Å²) >= 11 is 0. The number of alkyl halides is 3. The Morgan fingerprint density at radius 2 is 1.83 bits per heavy atom. The van der Waals surface area contributed by atoms with Gasteiger partial charge in [-0.2, -0.15) is 25.9 Å². The Hall–Kier alpha value is -0.380. The van der Waals surface area contributed by atoms with Crippen molar-refractivity contribution in [1.82, 2.24) is 9.03 Å². The van der Waals surface area contributed by atoms with Crippen LogP contribution >= 0.6 is 0 Å². The topological polar surface area (TPSA) is 75.4 Å². The molecule has 0 aromatic carbocycles. The van der Waals surface area contributed by atoms with Crippen molar-refractivity contribution in [2.75, 3.05) is 26.2 Å². The van der Waals surface area contributed by atoms with Gasteiger partial charge in [-0.1, -0.05) is 0 Å². The third-order valence-electron chi connectivity index (χ3n) is 2.94. The van der Waals surface area contributed by atoms with E-state index in [1.54, 1.807) is 0 Å². The van der Waals surface area contributed by atoms with Crippen LogP contribution in [0.3, 0.4) is 0 Å². The molecule has 1 heterocycles. The van der Waals surface area contributed by atoms with Gasteiger partial charge in [-0.05, 0) is 25.3 Å². The monoisotopic (exact) mass is 289 g/mol. The molecule has 1 saturated heterocycles. The van der Waals surface area contributed by atoms with Gasteiger partial charge in [-0.15, -0.1) is 0 Å². The first-order valence-electron chi connectivity index (χ1n) is 5.76. The lowest BCUT2D eigenvalue weighted by Gasteiger charge is -2.30. The van der Waals surface area contributed by atoms with E-state index >= 15 is 0 Å².